The van der Waals surface area contributed by atoms with E-state index in [4.69, 9.17) is 16.3 Å². The molecule has 94 valence electrons. The van der Waals surface area contributed by atoms with E-state index in [-0.39, 0.29) is 11.6 Å². The van der Waals surface area contributed by atoms with Crippen molar-refractivity contribution in [2.45, 2.75) is 12.8 Å². The van der Waals surface area contributed by atoms with Gasteiger partial charge in [0, 0.05) is 23.7 Å². The molecule has 0 unspecified atom stereocenters. The van der Waals surface area contributed by atoms with E-state index < -0.39 is 11.6 Å². The van der Waals surface area contributed by atoms with Gasteiger partial charge in [0.05, 0.1) is 0 Å². The molecule has 0 fully saturated rings. The highest BCUT2D eigenvalue weighted by atomic mass is 35.5. The number of alkyl halides is 1. The molecule has 2 aromatic rings. The largest absolute Gasteiger partial charge is 0.436 e. The second-order valence-electron chi connectivity index (χ2n) is 3.77. The van der Waals surface area contributed by atoms with Crippen LogP contribution in [0.5, 0.6) is 11.6 Å². The number of pyridine rings is 1. The Morgan fingerprint density at radius 3 is 2.72 bits per heavy atom. The second-order valence-corrected chi connectivity index (χ2v) is 4.03. The first-order valence-electron chi connectivity index (χ1n) is 5.25. The third-order valence-corrected chi connectivity index (χ3v) is 2.56. The van der Waals surface area contributed by atoms with Gasteiger partial charge < -0.3 is 4.74 Å². The molecule has 18 heavy (non-hydrogen) atoms. The Hall–Kier alpha value is -1.68. The quantitative estimate of drug-likeness (QED) is 0.779. The molecule has 1 aromatic carbocycles. The van der Waals surface area contributed by atoms with E-state index in [0.29, 0.717) is 11.6 Å². The summed E-state index contributed by atoms with van der Waals surface area (Å²) >= 11 is 5.71. The summed E-state index contributed by atoms with van der Waals surface area (Å²) in [6, 6.07) is 6.38. The van der Waals surface area contributed by atoms with Crippen molar-refractivity contribution in [3.63, 3.8) is 0 Å². The molecular weight excluding hydrogens is 260 g/mol. The summed E-state index contributed by atoms with van der Waals surface area (Å²) in [5.74, 6) is -0.932. The van der Waals surface area contributed by atoms with E-state index in [1.165, 1.54) is 0 Å². The molecule has 0 amide bonds. The molecule has 2 rings (SSSR count). The molecule has 0 saturated heterocycles. The fourth-order valence-corrected chi connectivity index (χ4v) is 1.66. The second kappa shape index (κ2) is 5.31. The van der Waals surface area contributed by atoms with Crippen molar-refractivity contribution in [1.82, 2.24) is 4.98 Å². The molecule has 0 aliphatic rings. The number of halogens is 3. The number of aryl methyl sites for hydroxylation is 1. The highest BCUT2D eigenvalue weighted by molar-refractivity contribution is 6.17. The van der Waals surface area contributed by atoms with Crippen LogP contribution in [0.3, 0.4) is 0 Å². The van der Waals surface area contributed by atoms with Gasteiger partial charge in [-0.15, -0.1) is 11.6 Å². The van der Waals surface area contributed by atoms with Crippen LogP contribution in [0.15, 0.2) is 30.3 Å². The van der Waals surface area contributed by atoms with Gasteiger partial charge in [0.2, 0.25) is 5.88 Å². The molecule has 5 heteroatoms. The van der Waals surface area contributed by atoms with Gasteiger partial charge in [-0.3, -0.25) is 0 Å². The highest BCUT2D eigenvalue weighted by Gasteiger charge is 2.08. The topological polar surface area (TPSA) is 22.1 Å². The zero-order valence-electron chi connectivity index (χ0n) is 9.58. The van der Waals surface area contributed by atoms with E-state index in [1.54, 1.807) is 19.1 Å². The van der Waals surface area contributed by atoms with Crippen molar-refractivity contribution >= 4 is 11.6 Å². The van der Waals surface area contributed by atoms with Crippen LogP contribution in [-0.2, 0) is 5.88 Å². The summed E-state index contributed by atoms with van der Waals surface area (Å²) in [7, 11) is 0. The molecule has 0 bridgehead atoms. The molecule has 0 aliphatic carbocycles. The van der Waals surface area contributed by atoms with Crippen LogP contribution in [0.1, 0.15) is 11.3 Å². The lowest BCUT2D eigenvalue weighted by molar-refractivity contribution is 0.421. The minimum Gasteiger partial charge on any atom is -0.436 e. The zero-order chi connectivity index (χ0) is 13.1. The predicted octanol–water partition coefficient (Wildman–Crippen LogP) is 4.20. The van der Waals surface area contributed by atoms with E-state index >= 15 is 0 Å². The summed E-state index contributed by atoms with van der Waals surface area (Å²) in [6.45, 7) is 1.77. The smallest absolute Gasteiger partial charge is 0.219 e. The minimum atomic E-state index is -0.646. The monoisotopic (exact) mass is 269 g/mol. The summed E-state index contributed by atoms with van der Waals surface area (Å²) in [5.41, 5.74) is 1.50. The van der Waals surface area contributed by atoms with Crippen LogP contribution in [0.4, 0.5) is 8.78 Å². The van der Waals surface area contributed by atoms with Crippen molar-refractivity contribution < 1.29 is 13.5 Å². The number of hydrogen-bond acceptors (Lipinski definition) is 2. The Labute approximate surface area is 108 Å². The number of hydrogen-bond donors (Lipinski definition) is 0. The first kappa shape index (κ1) is 12.8. The average molecular weight is 270 g/mol. The van der Waals surface area contributed by atoms with E-state index in [2.05, 4.69) is 4.98 Å². The van der Waals surface area contributed by atoms with Gasteiger partial charge in [-0.05, 0) is 30.7 Å². The SMILES string of the molecule is Cc1cc(CCl)cc(Oc2cc(F)ccc2F)n1. The van der Waals surface area contributed by atoms with Gasteiger partial charge >= 0.3 is 0 Å². The van der Waals surface area contributed by atoms with Crippen molar-refractivity contribution in [3.8, 4) is 11.6 Å². The Kier molecular flexibility index (Phi) is 3.77. The molecule has 0 spiro atoms. The third-order valence-electron chi connectivity index (χ3n) is 2.25. The van der Waals surface area contributed by atoms with Crippen molar-refractivity contribution in [3.05, 3.63) is 53.2 Å². The van der Waals surface area contributed by atoms with Crippen LogP contribution < -0.4 is 4.74 Å². The van der Waals surface area contributed by atoms with E-state index in [0.717, 1.165) is 23.8 Å². The molecule has 0 radical (unpaired) electrons. The number of benzene rings is 1. The van der Waals surface area contributed by atoms with Crippen LogP contribution >= 0.6 is 11.6 Å². The molecule has 1 aromatic heterocycles. The lowest BCUT2D eigenvalue weighted by atomic mass is 10.2. The van der Waals surface area contributed by atoms with E-state index in [9.17, 15) is 8.78 Å². The Morgan fingerprint density at radius 2 is 2.00 bits per heavy atom. The lowest BCUT2D eigenvalue weighted by Crippen LogP contribution is -1.95. The maximum Gasteiger partial charge on any atom is 0.219 e. The first-order chi connectivity index (χ1) is 8.58. The molecule has 1 heterocycles. The number of aromatic nitrogens is 1. The van der Waals surface area contributed by atoms with Gasteiger partial charge in [-0.1, -0.05) is 0 Å². The lowest BCUT2D eigenvalue weighted by Gasteiger charge is -2.08. The van der Waals surface area contributed by atoms with Crippen molar-refractivity contribution in [1.29, 1.82) is 0 Å². The van der Waals surface area contributed by atoms with Gasteiger partial charge in [-0.25, -0.2) is 13.8 Å². The average Bonchev–Trinajstić information content (AvgIpc) is 2.33. The first-order valence-corrected chi connectivity index (χ1v) is 5.78. The molecule has 2 nitrogen and oxygen atoms in total. The Morgan fingerprint density at radius 1 is 1.22 bits per heavy atom. The fourth-order valence-electron chi connectivity index (χ4n) is 1.50. The van der Waals surface area contributed by atoms with Crippen LogP contribution in [0.2, 0.25) is 0 Å². The number of rotatable bonds is 3. The number of nitrogens with zero attached hydrogens (tertiary/aromatic N) is 1. The zero-order valence-corrected chi connectivity index (χ0v) is 10.3. The molecule has 0 aliphatic heterocycles. The van der Waals surface area contributed by atoms with Crippen LogP contribution in [0.25, 0.3) is 0 Å². The van der Waals surface area contributed by atoms with Gasteiger partial charge in [-0.2, -0.15) is 0 Å². The van der Waals surface area contributed by atoms with Crippen LogP contribution in [-0.4, -0.2) is 4.98 Å². The minimum absolute atomic E-state index is 0.190. The van der Waals surface area contributed by atoms with Crippen molar-refractivity contribution in [2.24, 2.45) is 0 Å². The maximum atomic E-state index is 13.4. The molecular formula is C13H10ClF2NO. The van der Waals surface area contributed by atoms with Gasteiger partial charge in [0.15, 0.2) is 11.6 Å². The molecule has 0 atom stereocenters. The Bertz CT molecular complexity index is 575. The standard InChI is InChI=1S/C13H10ClF2NO/c1-8-4-9(7-14)5-13(17-8)18-12-6-10(15)2-3-11(12)16/h2-6H,7H2,1H3. The normalized spacial score (nSPS) is 10.4. The van der Waals surface area contributed by atoms with Crippen molar-refractivity contribution in [2.75, 3.05) is 0 Å². The summed E-state index contributed by atoms with van der Waals surface area (Å²) in [6.07, 6.45) is 0. The molecule has 0 N–H and O–H groups in total. The summed E-state index contributed by atoms with van der Waals surface area (Å²) in [5, 5.41) is 0. The van der Waals surface area contributed by atoms with Gasteiger partial charge in [0.25, 0.3) is 0 Å². The van der Waals surface area contributed by atoms with E-state index in [1.807, 2.05) is 0 Å². The predicted molar refractivity (Wildman–Crippen MR) is 65.0 cm³/mol. The summed E-state index contributed by atoms with van der Waals surface area (Å²) < 4.78 is 31.6. The number of ether oxygens (including phenoxy) is 1. The fraction of sp³-hybridized carbons (Fsp3) is 0.154. The molecule has 0 saturated carbocycles. The third kappa shape index (κ3) is 2.96. The summed E-state index contributed by atoms with van der Waals surface area (Å²) in [4.78, 5) is 4.08. The maximum absolute atomic E-state index is 13.4. The van der Waals surface area contributed by atoms with Crippen LogP contribution in [0, 0.1) is 18.6 Å². The highest BCUT2D eigenvalue weighted by Crippen LogP contribution is 2.25. The van der Waals surface area contributed by atoms with Gasteiger partial charge in [0.1, 0.15) is 5.82 Å². The Balaban J connectivity index is 2.33.